The average molecular weight is 362 g/mol. The molecular formula is C14H20BrNO3S. The van der Waals surface area contributed by atoms with Crippen LogP contribution < -0.4 is 0 Å². The molecule has 1 unspecified atom stereocenters. The van der Waals surface area contributed by atoms with Crippen LogP contribution in [0.5, 0.6) is 0 Å². The standard InChI is InChI=1S/C14H20BrNO3S/c1-11(12-3-4-12)16(9-10-19-2)20(17,18)14-7-5-13(15)6-8-14/h5-8,11-12H,3-4,9-10H2,1-2H3. The molecule has 1 aliphatic rings. The first kappa shape index (κ1) is 15.9. The molecule has 6 heteroatoms. The predicted octanol–water partition coefficient (Wildman–Crippen LogP) is 2.88. The largest absolute Gasteiger partial charge is 0.383 e. The molecule has 1 aromatic carbocycles. The van der Waals surface area contributed by atoms with E-state index in [0.29, 0.717) is 24.0 Å². The lowest BCUT2D eigenvalue weighted by atomic mass is 10.2. The van der Waals surface area contributed by atoms with Crippen molar-refractivity contribution < 1.29 is 13.2 Å². The number of hydrogen-bond donors (Lipinski definition) is 0. The minimum atomic E-state index is -3.46. The minimum Gasteiger partial charge on any atom is -0.383 e. The molecule has 0 heterocycles. The summed E-state index contributed by atoms with van der Waals surface area (Å²) in [5.41, 5.74) is 0. The topological polar surface area (TPSA) is 46.6 Å². The van der Waals surface area contributed by atoms with Gasteiger partial charge in [-0.2, -0.15) is 4.31 Å². The van der Waals surface area contributed by atoms with Gasteiger partial charge in [0.1, 0.15) is 0 Å². The van der Waals surface area contributed by atoms with Crippen molar-refractivity contribution in [1.82, 2.24) is 4.31 Å². The van der Waals surface area contributed by atoms with Gasteiger partial charge in [-0.05, 0) is 49.9 Å². The Balaban J connectivity index is 2.27. The fourth-order valence-corrected chi connectivity index (χ4v) is 4.22. The zero-order valence-electron chi connectivity index (χ0n) is 11.8. The monoisotopic (exact) mass is 361 g/mol. The van der Waals surface area contributed by atoms with Gasteiger partial charge in [0.05, 0.1) is 11.5 Å². The van der Waals surface area contributed by atoms with E-state index in [1.807, 2.05) is 6.92 Å². The molecule has 20 heavy (non-hydrogen) atoms. The highest BCUT2D eigenvalue weighted by Gasteiger charge is 2.37. The second-order valence-corrected chi connectivity index (χ2v) is 7.95. The zero-order valence-corrected chi connectivity index (χ0v) is 14.2. The number of benzene rings is 1. The van der Waals surface area contributed by atoms with Crippen molar-refractivity contribution in [3.8, 4) is 0 Å². The Morgan fingerprint density at radius 1 is 1.35 bits per heavy atom. The molecule has 0 saturated heterocycles. The van der Waals surface area contributed by atoms with Crippen molar-refractivity contribution in [2.24, 2.45) is 5.92 Å². The Morgan fingerprint density at radius 3 is 2.45 bits per heavy atom. The predicted molar refractivity (Wildman–Crippen MR) is 82.1 cm³/mol. The number of ether oxygens (including phenoxy) is 1. The van der Waals surface area contributed by atoms with Crippen LogP contribution in [-0.2, 0) is 14.8 Å². The highest BCUT2D eigenvalue weighted by atomic mass is 79.9. The summed E-state index contributed by atoms with van der Waals surface area (Å²) in [6, 6.07) is 6.81. The van der Waals surface area contributed by atoms with Gasteiger partial charge < -0.3 is 4.74 Å². The Labute approximate surface area is 129 Å². The van der Waals surface area contributed by atoms with Gasteiger partial charge in [0, 0.05) is 24.2 Å². The lowest BCUT2D eigenvalue weighted by Gasteiger charge is -2.28. The number of rotatable bonds is 7. The summed E-state index contributed by atoms with van der Waals surface area (Å²) in [6.45, 7) is 2.79. The van der Waals surface area contributed by atoms with Crippen LogP contribution in [0.2, 0.25) is 0 Å². The lowest BCUT2D eigenvalue weighted by molar-refractivity contribution is 0.164. The Hall–Kier alpha value is -0.430. The molecule has 1 saturated carbocycles. The fourth-order valence-electron chi connectivity index (χ4n) is 2.28. The number of sulfonamides is 1. The summed E-state index contributed by atoms with van der Waals surface area (Å²) in [4.78, 5) is 0.337. The Kier molecular flexibility index (Phi) is 5.23. The van der Waals surface area contributed by atoms with Crippen LogP contribution in [0.1, 0.15) is 19.8 Å². The summed E-state index contributed by atoms with van der Waals surface area (Å²) in [7, 11) is -1.87. The van der Waals surface area contributed by atoms with Crippen molar-refractivity contribution in [3.63, 3.8) is 0 Å². The summed E-state index contributed by atoms with van der Waals surface area (Å²) in [5.74, 6) is 0.483. The number of nitrogens with zero attached hydrogens (tertiary/aromatic N) is 1. The van der Waals surface area contributed by atoms with E-state index in [1.165, 1.54) is 0 Å². The summed E-state index contributed by atoms with van der Waals surface area (Å²) in [6.07, 6.45) is 2.22. The van der Waals surface area contributed by atoms with Crippen molar-refractivity contribution >= 4 is 26.0 Å². The molecule has 1 aromatic rings. The van der Waals surface area contributed by atoms with Crippen molar-refractivity contribution in [1.29, 1.82) is 0 Å². The molecule has 2 rings (SSSR count). The Bertz CT molecular complexity index is 540. The van der Waals surface area contributed by atoms with E-state index in [1.54, 1.807) is 35.7 Å². The van der Waals surface area contributed by atoms with Gasteiger partial charge in [0.2, 0.25) is 10.0 Å². The van der Waals surface area contributed by atoms with Crippen LogP contribution >= 0.6 is 15.9 Å². The van der Waals surface area contributed by atoms with Crippen molar-refractivity contribution in [3.05, 3.63) is 28.7 Å². The Morgan fingerprint density at radius 2 is 1.95 bits per heavy atom. The van der Waals surface area contributed by atoms with Crippen LogP contribution in [0, 0.1) is 5.92 Å². The van der Waals surface area contributed by atoms with Crippen LogP contribution in [-0.4, -0.2) is 39.0 Å². The molecule has 112 valence electrons. The van der Waals surface area contributed by atoms with Crippen molar-refractivity contribution in [2.75, 3.05) is 20.3 Å². The van der Waals surface area contributed by atoms with Gasteiger partial charge in [-0.3, -0.25) is 0 Å². The summed E-state index contributed by atoms with van der Waals surface area (Å²) < 4.78 is 33.1. The maximum Gasteiger partial charge on any atom is 0.243 e. The third kappa shape index (κ3) is 3.61. The van der Waals surface area contributed by atoms with Crippen molar-refractivity contribution in [2.45, 2.75) is 30.7 Å². The first-order valence-electron chi connectivity index (χ1n) is 6.73. The molecular weight excluding hydrogens is 342 g/mol. The molecule has 1 atom stereocenters. The minimum absolute atomic E-state index is 0.0267. The van der Waals surface area contributed by atoms with Gasteiger partial charge in [-0.1, -0.05) is 15.9 Å². The van der Waals surface area contributed by atoms with Gasteiger partial charge in [-0.25, -0.2) is 8.42 Å². The van der Waals surface area contributed by atoms with E-state index in [2.05, 4.69) is 15.9 Å². The summed E-state index contributed by atoms with van der Waals surface area (Å²) >= 11 is 3.32. The molecule has 0 radical (unpaired) electrons. The van der Waals surface area contributed by atoms with Gasteiger partial charge in [-0.15, -0.1) is 0 Å². The molecule has 0 spiro atoms. The lowest BCUT2D eigenvalue weighted by Crippen LogP contribution is -2.41. The molecule has 0 aliphatic heterocycles. The quantitative estimate of drug-likeness (QED) is 0.749. The molecule has 0 aromatic heterocycles. The van der Waals surface area contributed by atoms with Gasteiger partial charge in [0.25, 0.3) is 0 Å². The maximum absolute atomic E-state index is 12.8. The van der Waals surface area contributed by atoms with E-state index in [9.17, 15) is 8.42 Å². The molecule has 1 aliphatic carbocycles. The van der Waals surface area contributed by atoms with Crippen LogP contribution in [0.25, 0.3) is 0 Å². The fraction of sp³-hybridized carbons (Fsp3) is 0.571. The van der Waals surface area contributed by atoms with E-state index < -0.39 is 10.0 Å². The highest BCUT2D eigenvalue weighted by Crippen LogP contribution is 2.37. The van der Waals surface area contributed by atoms with Crippen LogP contribution in [0.15, 0.2) is 33.6 Å². The third-order valence-corrected chi connectivity index (χ3v) is 6.22. The SMILES string of the molecule is COCCN(C(C)C1CC1)S(=O)(=O)c1ccc(Br)cc1. The molecule has 1 fully saturated rings. The number of methoxy groups -OCH3 is 1. The second-order valence-electron chi connectivity index (χ2n) is 5.14. The zero-order chi connectivity index (χ0) is 14.8. The molecule has 0 N–H and O–H groups in total. The van der Waals surface area contributed by atoms with Crippen LogP contribution in [0.3, 0.4) is 0 Å². The van der Waals surface area contributed by atoms with E-state index in [0.717, 1.165) is 17.3 Å². The first-order valence-corrected chi connectivity index (χ1v) is 8.96. The second kappa shape index (κ2) is 6.56. The normalized spacial score (nSPS) is 17.4. The smallest absolute Gasteiger partial charge is 0.243 e. The van der Waals surface area contributed by atoms with Gasteiger partial charge in [0.15, 0.2) is 0 Å². The van der Waals surface area contributed by atoms with E-state index in [4.69, 9.17) is 4.74 Å². The van der Waals surface area contributed by atoms with E-state index in [-0.39, 0.29) is 6.04 Å². The highest BCUT2D eigenvalue weighted by molar-refractivity contribution is 9.10. The van der Waals surface area contributed by atoms with E-state index >= 15 is 0 Å². The van der Waals surface area contributed by atoms with Crippen LogP contribution in [0.4, 0.5) is 0 Å². The number of hydrogen-bond acceptors (Lipinski definition) is 3. The maximum atomic E-state index is 12.8. The molecule has 4 nitrogen and oxygen atoms in total. The first-order chi connectivity index (χ1) is 9.46. The van der Waals surface area contributed by atoms with Gasteiger partial charge >= 0.3 is 0 Å². The molecule has 0 amide bonds. The summed E-state index contributed by atoms with van der Waals surface area (Å²) in [5, 5.41) is 0. The third-order valence-electron chi connectivity index (χ3n) is 3.69. The average Bonchev–Trinajstić information content (AvgIpc) is 3.23. The molecule has 0 bridgehead atoms. The number of halogens is 1.